The fraction of sp³-hybridized carbons (Fsp3) is 0.632. The summed E-state index contributed by atoms with van der Waals surface area (Å²) < 4.78 is 0. The summed E-state index contributed by atoms with van der Waals surface area (Å²) in [6.45, 7) is 0.268. The first-order valence-electron chi connectivity index (χ1n) is 10.5. The molecule has 3 amide bonds. The Balaban J connectivity index is 5.53. The van der Waals surface area contributed by atoms with E-state index in [1.54, 1.807) is 0 Å². The van der Waals surface area contributed by atoms with E-state index < -0.39 is 85.0 Å². The van der Waals surface area contributed by atoms with Gasteiger partial charge in [-0.3, -0.25) is 28.8 Å². The Labute approximate surface area is 199 Å². The second kappa shape index (κ2) is 15.9. The van der Waals surface area contributed by atoms with Gasteiger partial charge in [0.05, 0.1) is 18.9 Å². The molecule has 0 bridgehead atoms. The lowest BCUT2D eigenvalue weighted by Crippen LogP contribution is -2.57. The molecule has 11 N–H and O–H groups in total. The van der Waals surface area contributed by atoms with E-state index in [4.69, 9.17) is 31.9 Å². The summed E-state index contributed by atoms with van der Waals surface area (Å²) in [7, 11) is 0. The molecule has 0 spiro atoms. The van der Waals surface area contributed by atoms with Crippen molar-refractivity contribution in [3.63, 3.8) is 0 Å². The minimum absolute atomic E-state index is 0.0125. The van der Waals surface area contributed by atoms with Gasteiger partial charge in [0, 0.05) is 6.42 Å². The molecule has 4 unspecified atom stereocenters. The van der Waals surface area contributed by atoms with Crippen molar-refractivity contribution in [2.24, 2.45) is 11.5 Å². The third kappa shape index (κ3) is 13.5. The minimum atomic E-state index is -1.89. The summed E-state index contributed by atoms with van der Waals surface area (Å²) in [5.74, 6) is -9.06. The monoisotopic (exact) mass is 505 g/mol. The van der Waals surface area contributed by atoms with Gasteiger partial charge in [0.1, 0.15) is 18.1 Å². The zero-order valence-electron chi connectivity index (χ0n) is 18.8. The number of nitrogens with two attached hydrogens (primary N) is 2. The van der Waals surface area contributed by atoms with Crippen LogP contribution in [0.15, 0.2) is 0 Å². The zero-order chi connectivity index (χ0) is 27.1. The standard InChI is InChI=1S/C19H31N5O11/c20-6-2-1-3-10(22-16(31)9(21)4-5-13(25)26)17(32)23-11(7-14(27)28)18(33)24-12(19(34)35)8-15(29)30/h9-12H,1-8,20-21H2,(H,22,31)(H,23,32)(H,24,33)(H,25,26)(H,27,28)(H,29,30)(H,34,35). The fourth-order valence-electron chi connectivity index (χ4n) is 2.75. The van der Waals surface area contributed by atoms with Gasteiger partial charge in [-0.2, -0.15) is 0 Å². The summed E-state index contributed by atoms with van der Waals surface area (Å²) in [4.78, 5) is 81.4. The predicted octanol–water partition coefficient (Wildman–Crippen LogP) is -3.20. The minimum Gasteiger partial charge on any atom is -0.481 e. The van der Waals surface area contributed by atoms with E-state index >= 15 is 0 Å². The first kappa shape index (κ1) is 31.2. The molecule has 198 valence electrons. The van der Waals surface area contributed by atoms with Crippen LogP contribution in [-0.4, -0.2) is 92.7 Å². The molecule has 0 aliphatic rings. The Morgan fingerprint density at radius 1 is 0.629 bits per heavy atom. The van der Waals surface area contributed by atoms with E-state index in [1.807, 2.05) is 5.32 Å². The van der Waals surface area contributed by atoms with Gasteiger partial charge in [-0.15, -0.1) is 0 Å². The summed E-state index contributed by atoms with van der Waals surface area (Å²) in [6, 6.07) is -6.25. The molecule has 0 rings (SSSR count). The van der Waals surface area contributed by atoms with Crippen LogP contribution in [-0.2, 0) is 33.6 Å². The Morgan fingerprint density at radius 3 is 1.60 bits per heavy atom. The molecule has 35 heavy (non-hydrogen) atoms. The first-order chi connectivity index (χ1) is 16.3. The number of carboxylic acid groups (broad SMARTS) is 4. The SMILES string of the molecule is NCCCCC(NC(=O)C(N)CCC(=O)O)C(=O)NC(CC(=O)O)C(=O)NC(CC(=O)O)C(=O)O. The lowest BCUT2D eigenvalue weighted by atomic mass is 10.1. The molecule has 4 atom stereocenters. The van der Waals surface area contributed by atoms with Gasteiger partial charge in [-0.05, 0) is 32.2 Å². The van der Waals surface area contributed by atoms with Gasteiger partial charge in [0.15, 0.2) is 0 Å². The highest BCUT2D eigenvalue weighted by Gasteiger charge is 2.32. The van der Waals surface area contributed by atoms with Crippen LogP contribution in [0.5, 0.6) is 0 Å². The topological polar surface area (TPSA) is 289 Å². The van der Waals surface area contributed by atoms with Crippen LogP contribution in [0.1, 0.15) is 44.9 Å². The number of rotatable bonds is 18. The number of hydrogen-bond acceptors (Lipinski definition) is 9. The quantitative estimate of drug-likeness (QED) is 0.0830. The van der Waals surface area contributed by atoms with E-state index in [0.29, 0.717) is 12.8 Å². The van der Waals surface area contributed by atoms with Crippen LogP contribution in [0.4, 0.5) is 0 Å². The molecule has 0 heterocycles. The van der Waals surface area contributed by atoms with E-state index in [1.165, 1.54) is 0 Å². The second-order valence-corrected chi connectivity index (χ2v) is 7.54. The van der Waals surface area contributed by atoms with Gasteiger partial charge in [-0.1, -0.05) is 0 Å². The maximum Gasteiger partial charge on any atom is 0.326 e. The van der Waals surface area contributed by atoms with Crippen molar-refractivity contribution in [1.29, 1.82) is 0 Å². The summed E-state index contributed by atoms with van der Waals surface area (Å²) in [6.07, 6.45) is -1.78. The molecule has 0 radical (unpaired) electrons. The third-order valence-electron chi connectivity index (χ3n) is 4.59. The lowest BCUT2D eigenvalue weighted by Gasteiger charge is -2.24. The average molecular weight is 505 g/mol. The van der Waals surface area contributed by atoms with Crippen molar-refractivity contribution < 1.29 is 54.0 Å². The third-order valence-corrected chi connectivity index (χ3v) is 4.59. The average Bonchev–Trinajstić information content (AvgIpc) is 2.74. The molecule has 16 heteroatoms. The van der Waals surface area contributed by atoms with Gasteiger partial charge < -0.3 is 47.8 Å². The molecule has 16 nitrogen and oxygen atoms in total. The smallest absolute Gasteiger partial charge is 0.326 e. The van der Waals surface area contributed by atoms with Crippen molar-refractivity contribution in [2.75, 3.05) is 6.54 Å². The van der Waals surface area contributed by atoms with Gasteiger partial charge in [-0.25, -0.2) is 4.79 Å². The molecule has 0 aromatic carbocycles. The number of nitrogens with one attached hydrogen (secondary N) is 3. The first-order valence-corrected chi connectivity index (χ1v) is 10.5. The number of carboxylic acids is 4. The molecule has 0 aliphatic carbocycles. The largest absolute Gasteiger partial charge is 0.481 e. The lowest BCUT2D eigenvalue weighted by molar-refractivity contribution is -0.148. The van der Waals surface area contributed by atoms with Crippen LogP contribution in [0.25, 0.3) is 0 Å². The van der Waals surface area contributed by atoms with E-state index in [-0.39, 0.29) is 19.4 Å². The number of amides is 3. The second-order valence-electron chi connectivity index (χ2n) is 7.54. The van der Waals surface area contributed by atoms with E-state index in [2.05, 4.69) is 10.6 Å². The van der Waals surface area contributed by atoms with Crippen molar-refractivity contribution in [1.82, 2.24) is 16.0 Å². The molecule has 0 saturated carbocycles. The molecule has 0 aromatic rings. The molecule has 0 aliphatic heterocycles. The van der Waals surface area contributed by atoms with Crippen molar-refractivity contribution in [3.8, 4) is 0 Å². The zero-order valence-corrected chi connectivity index (χ0v) is 18.8. The van der Waals surface area contributed by atoms with E-state index in [9.17, 15) is 33.6 Å². The number of hydrogen-bond donors (Lipinski definition) is 9. The van der Waals surface area contributed by atoms with Crippen LogP contribution < -0.4 is 27.4 Å². The van der Waals surface area contributed by atoms with Crippen LogP contribution >= 0.6 is 0 Å². The Kier molecular flexibility index (Phi) is 14.2. The molecule has 0 saturated heterocycles. The van der Waals surface area contributed by atoms with Crippen molar-refractivity contribution in [2.45, 2.75) is 69.1 Å². The van der Waals surface area contributed by atoms with Crippen LogP contribution in [0.3, 0.4) is 0 Å². The highest BCUT2D eigenvalue weighted by Crippen LogP contribution is 2.05. The van der Waals surface area contributed by atoms with Gasteiger partial charge >= 0.3 is 23.9 Å². The number of unbranched alkanes of at least 4 members (excludes halogenated alkanes) is 1. The highest BCUT2D eigenvalue weighted by molar-refractivity contribution is 5.96. The normalized spacial score (nSPS) is 14.0. The number of carbonyl (C=O) groups excluding carboxylic acids is 3. The number of carbonyl (C=O) groups is 7. The molecule has 0 aromatic heterocycles. The maximum absolute atomic E-state index is 12.8. The summed E-state index contributed by atoms with van der Waals surface area (Å²) >= 11 is 0. The van der Waals surface area contributed by atoms with Crippen LogP contribution in [0, 0.1) is 0 Å². The van der Waals surface area contributed by atoms with Crippen molar-refractivity contribution in [3.05, 3.63) is 0 Å². The highest BCUT2D eigenvalue weighted by atomic mass is 16.4. The Hall–Kier alpha value is -3.79. The van der Waals surface area contributed by atoms with Gasteiger partial charge in [0.25, 0.3) is 0 Å². The van der Waals surface area contributed by atoms with Crippen LogP contribution in [0.2, 0.25) is 0 Å². The molecular formula is C19H31N5O11. The van der Waals surface area contributed by atoms with E-state index in [0.717, 1.165) is 0 Å². The Morgan fingerprint density at radius 2 is 1.11 bits per heavy atom. The summed E-state index contributed by atoms with van der Waals surface area (Å²) in [5, 5.41) is 41.9. The van der Waals surface area contributed by atoms with Gasteiger partial charge in [0.2, 0.25) is 17.7 Å². The summed E-state index contributed by atoms with van der Waals surface area (Å²) in [5.41, 5.74) is 11.1. The fourth-order valence-corrected chi connectivity index (χ4v) is 2.75. The van der Waals surface area contributed by atoms with Crippen molar-refractivity contribution >= 4 is 41.6 Å². The number of aliphatic carboxylic acids is 4. The maximum atomic E-state index is 12.8. The predicted molar refractivity (Wildman–Crippen MR) is 116 cm³/mol. The molecule has 0 fully saturated rings. The Bertz CT molecular complexity index is 804. The molecular weight excluding hydrogens is 474 g/mol.